The van der Waals surface area contributed by atoms with E-state index in [9.17, 15) is 0 Å². The van der Waals surface area contributed by atoms with Gasteiger partial charge in [-0.3, -0.25) is 0 Å². The second kappa shape index (κ2) is 6.31. The van der Waals surface area contributed by atoms with Crippen LogP contribution in [0.5, 0.6) is 5.75 Å². The fraction of sp³-hybridized carbons (Fsp3) is 0.375. The number of hydrogen-bond donors (Lipinski definition) is 0. The lowest BCUT2D eigenvalue weighted by atomic mass is 10.3. The summed E-state index contributed by atoms with van der Waals surface area (Å²) in [6, 6.07) is 7.31. The lowest BCUT2D eigenvalue weighted by Crippen LogP contribution is -2.26. The van der Waals surface area contributed by atoms with Crippen molar-refractivity contribution in [2.24, 2.45) is 0 Å². The predicted octanol–water partition coefficient (Wildman–Crippen LogP) is 4.06. The Morgan fingerprint density at radius 1 is 1.09 bits per heavy atom. The molecule has 0 amide bonds. The summed E-state index contributed by atoms with van der Waals surface area (Å²) < 4.78 is 5.98. The molecule has 2 aromatic rings. The average Bonchev–Trinajstić information content (AvgIpc) is 2.90. The highest BCUT2D eigenvalue weighted by Crippen LogP contribution is 2.28. The normalized spacial score (nSPS) is 17.8. The number of nitrogens with zero attached hydrogens (tertiary/aromatic N) is 3. The van der Waals surface area contributed by atoms with E-state index < -0.39 is 0 Å². The number of aryl methyl sites for hydroxylation is 2. The number of hydrogen-bond acceptors (Lipinski definition) is 4. The number of halogens is 2. The van der Waals surface area contributed by atoms with Crippen LogP contribution in [0.4, 0.5) is 5.95 Å². The monoisotopic (exact) mass is 337 g/mol. The zero-order valence-corrected chi connectivity index (χ0v) is 14.0. The summed E-state index contributed by atoms with van der Waals surface area (Å²) in [5.41, 5.74) is 1.97. The second-order valence-corrected chi connectivity index (χ2v) is 6.32. The van der Waals surface area contributed by atoms with E-state index >= 15 is 0 Å². The second-order valence-electron chi connectivity index (χ2n) is 5.50. The topological polar surface area (TPSA) is 38.2 Å². The molecule has 1 aliphatic heterocycles. The molecule has 1 aliphatic rings. The molecular weight excluding hydrogens is 321 g/mol. The van der Waals surface area contributed by atoms with Crippen molar-refractivity contribution in [3.05, 3.63) is 45.7 Å². The molecule has 0 spiro atoms. The van der Waals surface area contributed by atoms with Gasteiger partial charge in [0.05, 0.1) is 16.6 Å². The van der Waals surface area contributed by atoms with Gasteiger partial charge in [0.15, 0.2) is 0 Å². The van der Waals surface area contributed by atoms with Crippen LogP contribution in [0.25, 0.3) is 0 Å². The van der Waals surface area contributed by atoms with Crippen LogP contribution in [0.3, 0.4) is 0 Å². The molecular formula is C16H17Cl2N3O. The lowest BCUT2D eigenvalue weighted by molar-refractivity contribution is 0.225. The molecule has 1 unspecified atom stereocenters. The maximum atomic E-state index is 6.02. The van der Waals surface area contributed by atoms with Crippen LogP contribution in [-0.4, -0.2) is 29.2 Å². The summed E-state index contributed by atoms with van der Waals surface area (Å²) in [6.07, 6.45) is 1.03. The van der Waals surface area contributed by atoms with E-state index in [1.807, 2.05) is 26.0 Å². The highest BCUT2D eigenvalue weighted by Gasteiger charge is 2.26. The van der Waals surface area contributed by atoms with Gasteiger partial charge < -0.3 is 9.64 Å². The first kappa shape index (κ1) is 15.4. The van der Waals surface area contributed by atoms with Crippen molar-refractivity contribution in [1.29, 1.82) is 0 Å². The van der Waals surface area contributed by atoms with E-state index in [1.165, 1.54) is 0 Å². The van der Waals surface area contributed by atoms with Crippen molar-refractivity contribution in [2.75, 3.05) is 18.0 Å². The van der Waals surface area contributed by atoms with Gasteiger partial charge in [0.1, 0.15) is 11.9 Å². The van der Waals surface area contributed by atoms with Crippen molar-refractivity contribution < 1.29 is 4.74 Å². The molecule has 1 aromatic carbocycles. The summed E-state index contributed by atoms with van der Waals surface area (Å²) in [6.45, 7) is 5.62. The molecule has 0 radical (unpaired) electrons. The van der Waals surface area contributed by atoms with Crippen molar-refractivity contribution in [1.82, 2.24) is 9.97 Å². The SMILES string of the molecule is Cc1cc(C)nc(N2CCC(Oc3ccc(Cl)c(Cl)c3)C2)n1. The van der Waals surface area contributed by atoms with E-state index in [4.69, 9.17) is 27.9 Å². The maximum absolute atomic E-state index is 6.02. The molecule has 2 heterocycles. The summed E-state index contributed by atoms with van der Waals surface area (Å²) in [5.74, 6) is 1.51. The number of aromatic nitrogens is 2. The van der Waals surface area contributed by atoms with Crippen LogP contribution in [0.15, 0.2) is 24.3 Å². The molecule has 3 rings (SSSR count). The third-order valence-electron chi connectivity index (χ3n) is 3.59. The quantitative estimate of drug-likeness (QED) is 0.846. The molecule has 0 saturated carbocycles. The Bertz CT molecular complexity index is 673. The predicted molar refractivity (Wildman–Crippen MR) is 89.2 cm³/mol. The van der Waals surface area contributed by atoms with Gasteiger partial charge in [0, 0.05) is 30.4 Å². The van der Waals surface area contributed by atoms with Gasteiger partial charge in [-0.25, -0.2) is 9.97 Å². The summed E-state index contributed by atoms with van der Waals surface area (Å²) >= 11 is 11.9. The molecule has 1 atom stereocenters. The van der Waals surface area contributed by atoms with Crippen LogP contribution >= 0.6 is 23.2 Å². The molecule has 4 nitrogen and oxygen atoms in total. The van der Waals surface area contributed by atoms with Crippen molar-refractivity contribution >= 4 is 29.2 Å². The Kier molecular flexibility index (Phi) is 4.41. The molecule has 1 saturated heterocycles. The highest BCUT2D eigenvalue weighted by atomic mass is 35.5. The van der Waals surface area contributed by atoms with Crippen molar-refractivity contribution in [3.63, 3.8) is 0 Å². The molecule has 0 bridgehead atoms. The minimum Gasteiger partial charge on any atom is -0.488 e. The molecule has 1 fully saturated rings. The van der Waals surface area contributed by atoms with E-state index in [2.05, 4.69) is 14.9 Å². The van der Waals surface area contributed by atoms with E-state index in [0.717, 1.165) is 42.6 Å². The van der Waals surface area contributed by atoms with E-state index in [0.29, 0.717) is 10.0 Å². The molecule has 6 heteroatoms. The standard InChI is InChI=1S/C16H17Cl2N3O/c1-10-7-11(2)20-16(19-10)21-6-5-13(9-21)22-12-3-4-14(17)15(18)8-12/h3-4,7-8,13H,5-6,9H2,1-2H3. The first-order chi connectivity index (χ1) is 10.5. The van der Waals surface area contributed by atoms with E-state index in [1.54, 1.807) is 12.1 Å². The third kappa shape index (κ3) is 3.45. The van der Waals surface area contributed by atoms with Gasteiger partial charge in [-0.1, -0.05) is 23.2 Å². The maximum Gasteiger partial charge on any atom is 0.225 e. The first-order valence-corrected chi connectivity index (χ1v) is 7.96. The van der Waals surface area contributed by atoms with Gasteiger partial charge in [-0.15, -0.1) is 0 Å². The zero-order valence-electron chi connectivity index (χ0n) is 12.5. The Balaban J connectivity index is 1.68. The van der Waals surface area contributed by atoms with Gasteiger partial charge in [0.25, 0.3) is 0 Å². The number of ether oxygens (including phenoxy) is 1. The fourth-order valence-electron chi connectivity index (χ4n) is 2.60. The first-order valence-electron chi connectivity index (χ1n) is 7.20. The highest BCUT2D eigenvalue weighted by molar-refractivity contribution is 6.42. The molecule has 0 aliphatic carbocycles. The largest absolute Gasteiger partial charge is 0.488 e. The van der Waals surface area contributed by atoms with Gasteiger partial charge >= 0.3 is 0 Å². The minimum atomic E-state index is 0.0988. The fourth-order valence-corrected chi connectivity index (χ4v) is 2.89. The smallest absolute Gasteiger partial charge is 0.225 e. The minimum absolute atomic E-state index is 0.0988. The zero-order chi connectivity index (χ0) is 15.7. The summed E-state index contributed by atoms with van der Waals surface area (Å²) in [4.78, 5) is 11.2. The Hall–Kier alpha value is -1.52. The van der Waals surface area contributed by atoms with E-state index in [-0.39, 0.29) is 6.10 Å². The number of anilines is 1. The molecule has 22 heavy (non-hydrogen) atoms. The number of rotatable bonds is 3. The number of benzene rings is 1. The van der Waals surface area contributed by atoms with Crippen LogP contribution in [0.2, 0.25) is 10.0 Å². The Morgan fingerprint density at radius 3 is 2.50 bits per heavy atom. The summed E-state index contributed by atoms with van der Waals surface area (Å²) in [7, 11) is 0. The van der Waals surface area contributed by atoms with Crippen molar-refractivity contribution in [2.45, 2.75) is 26.4 Å². The summed E-state index contributed by atoms with van der Waals surface area (Å²) in [5, 5.41) is 1.04. The van der Waals surface area contributed by atoms with Gasteiger partial charge in [-0.2, -0.15) is 0 Å². The lowest BCUT2D eigenvalue weighted by Gasteiger charge is -2.18. The Labute approximate surface area is 140 Å². The van der Waals surface area contributed by atoms with Crippen LogP contribution in [0.1, 0.15) is 17.8 Å². The van der Waals surface area contributed by atoms with Gasteiger partial charge in [0.2, 0.25) is 5.95 Å². The molecule has 1 aromatic heterocycles. The van der Waals surface area contributed by atoms with Crippen LogP contribution in [-0.2, 0) is 0 Å². The van der Waals surface area contributed by atoms with Gasteiger partial charge in [-0.05, 0) is 32.0 Å². The third-order valence-corrected chi connectivity index (χ3v) is 4.33. The van der Waals surface area contributed by atoms with Crippen LogP contribution in [0, 0.1) is 13.8 Å². The Morgan fingerprint density at radius 2 is 1.82 bits per heavy atom. The van der Waals surface area contributed by atoms with Crippen molar-refractivity contribution in [3.8, 4) is 5.75 Å². The van der Waals surface area contributed by atoms with Crippen LogP contribution < -0.4 is 9.64 Å². The molecule has 116 valence electrons. The molecule has 0 N–H and O–H groups in total. The average molecular weight is 338 g/mol.